The Morgan fingerprint density at radius 2 is 1.80 bits per heavy atom. The third-order valence-corrected chi connectivity index (χ3v) is 10.8. The van der Waals surface area contributed by atoms with E-state index in [0.29, 0.717) is 34.5 Å². The molecule has 3 aliphatic rings. The Labute approximate surface area is 304 Å². The first-order chi connectivity index (χ1) is 24.6. The molecule has 2 atom stereocenters. The molecule has 2 aromatic heterocycles. The van der Waals surface area contributed by atoms with Crippen molar-refractivity contribution in [1.29, 1.82) is 0 Å². The summed E-state index contributed by atoms with van der Waals surface area (Å²) in [5.74, 6) is -2.61. The number of carbonyl (C=O) groups is 6. The van der Waals surface area contributed by atoms with Gasteiger partial charge in [-0.2, -0.15) is 0 Å². The Morgan fingerprint density at radius 1 is 1.00 bits per heavy atom. The highest BCUT2D eigenvalue weighted by molar-refractivity contribution is 7.14. The number of amides is 6. The van der Waals surface area contributed by atoms with Crippen LogP contribution in [0.25, 0.3) is 0 Å². The molecular formula is C36H40ClN7O6S. The molecule has 1 aromatic carbocycles. The molecule has 2 aliphatic heterocycles. The van der Waals surface area contributed by atoms with Crippen molar-refractivity contribution < 1.29 is 28.8 Å². The zero-order valence-corrected chi connectivity index (χ0v) is 29.8. The summed E-state index contributed by atoms with van der Waals surface area (Å²) in [7, 11) is 0. The van der Waals surface area contributed by atoms with Crippen LogP contribution in [0.1, 0.15) is 92.3 Å². The molecule has 6 rings (SSSR count). The van der Waals surface area contributed by atoms with Gasteiger partial charge in [0.1, 0.15) is 12.1 Å². The van der Waals surface area contributed by atoms with E-state index in [9.17, 15) is 28.8 Å². The summed E-state index contributed by atoms with van der Waals surface area (Å²) < 4.78 is 0. The monoisotopic (exact) mass is 733 g/mol. The molecule has 1 saturated heterocycles. The Morgan fingerprint density at radius 3 is 2.59 bits per heavy atom. The minimum absolute atomic E-state index is 0.0330. The molecule has 0 spiro atoms. The number of carbonyl (C=O) groups excluding carboxylic acids is 6. The van der Waals surface area contributed by atoms with Crippen LogP contribution in [0, 0.1) is 12.8 Å². The third kappa shape index (κ3) is 8.39. The number of rotatable bonds is 13. The van der Waals surface area contributed by atoms with Gasteiger partial charge in [-0.25, -0.2) is 0 Å². The Hall–Kier alpha value is -4.82. The normalized spacial score (nSPS) is 18.2. The number of anilines is 2. The lowest BCUT2D eigenvalue weighted by atomic mass is 9.84. The number of imide groups is 2. The van der Waals surface area contributed by atoms with Gasteiger partial charge in [0.05, 0.1) is 32.4 Å². The van der Waals surface area contributed by atoms with Gasteiger partial charge in [-0.15, -0.1) is 11.3 Å². The topological polar surface area (TPSA) is 179 Å². The number of benzene rings is 1. The van der Waals surface area contributed by atoms with Gasteiger partial charge in [0.15, 0.2) is 0 Å². The number of aryl methyl sites for hydroxylation is 1. The van der Waals surface area contributed by atoms with Crippen LogP contribution in [-0.4, -0.2) is 70.5 Å². The zero-order chi connectivity index (χ0) is 36.1. The SMILES string of the molecule is Cc1ncc(Cl)cc1NCc1ccc(C(=O)N[C@@H](CC2CCCCC2)C(=O)NCCNc2cccc3c2C(=O)N(C2CCC(=O)NC2=O)C3=O)s1. The van der Waals surface area contributed by atoms with E-state index in [2.05, 4.69) is 31.6 Å². The molecular weight excluding hydrogens is 694 g/mol. The molecule has 13 nitrogen and oxygen atoms in total. The minimum atomic E-state index is -1.06. The van der Waals surface area contributed by atoms with Crippen molar-refractivity contribution in [3.05, 3.63) is 74.2 Å². The number of nitrogens with one attached hydrogen (secondary N) is 5. The highest BCUT2D eigenvalue weighted by Crippen LogP contribution is 2.32. The van der Waals surface area contributed by atoms with Crippen molar-refractivity contribution in [1.82, 2.24) is 25.8 Å². The zero-order valence-electron chi connectivity index (χ0n) is 28.2. The first-order valence-corrected chi connectivity index (χ1v) is 18.4. The third-order valence-electron chi connectivity index (χ3n) is 9.52. The number of fused-ring (bicyclic) bond motifs is 1. The molecule has 1 saturated carbocycles. The van der Waals surface area contributed by atoms with Crippen LogP contribution in [0.4, 0.5) is 11.4 Å². The van der Waals surface area contributed by atoms with Crippen LogP contribution in [0.5, 0.6) is 0 Å². The van der Waals surface area contributed by atoms with Crippen LogP contribution in [-0.2, 0) is 20.9 Å². The predicted molar refractivity (Wildman–Crippen MR) is 193 cm³/mol. The summed E-state index contributed by atoms with van der Waals surface area (Å²) in [6.45, 7) is 2.79. The number of nitrogens with zero attached hydrogens (tertiary/aromatic N) is 2. The second kappa shape index (κ2) is 16.0. The second-order valence-electron chi connectivity index (χ2n) is 13.1. The van der Waals surface area contributed by atoms with Gasteiger partial charge in [0.2, 0.25) is 17.7 Å². The summed E-state index contributed by atoms with van der Waals surface area (Å²) in [5, 5.41) is 15.1. The Kier molecular flexibility index (Phi) is 11.3. The maximum Gasteiger partial charge on any atom is 0.264 e. The van der Waals surface area contributed by atoms with Crippen LogP contribution in [0.15, 0.2) is 42.6 Å². The molecule has 1 aliphatic carbocycles. The Balaban J connectivity index is 1.05. The maximum absolute atomic E-state index is 13.5. The van der Waals surface area contributed by atoms with Gasteiger partial charge >= 0.3 is 0 Å². The number of halogens is 1. The highest BCUT2D eigenvalue weighted by atomic mass is 35.5. The average molecular weight is 734 g/mol. The molecule has 5 N–H and O–H groups in total. The standard InChI is InChI=1S/C36H40ClN7O6S/c1-20-26(17-22(37)18-40-20)41-19-23-10-12-29(51-23)34(48)42-27(16-21-6-3-2-4-7-21)32(46)39-15-14-38-25-9-5-8-24-31(25)36(50)44(35(24)49)28-11-13-30(45)43-33(28)47/h5,8-10,12,17-18,21,27-28,38,41H,2-4,6-7,11,13-16,19H2,1H3,(H,39,46)(H,42,48)(H,43,45,47)/t27-,28?/m0/s1. The van der Waals surface area contributed by atoms with E-state index in [1.165, 1.54) is 23.8 Å². The quantitative estimate of drug-likeness (QED) is 0.126. The number of hydrogen-bond donors (Lipinski definition) is 5. The summed E-state index contributed by atoms with van der Waals surface area (Å²) >= 11 is 7.44. The van der Waals surface area contributed by atoms with Gasteiger partial charge in [0, 0.05) is 42.8 Å². The summed E-state index contributed by atoms with van der Waals surface area (Å²) in [5.41, 5.74) is 2.33. The van der Waals surface area contributed by atoms with E-state index in [0.717, 1.165) is 46.8 Å². The van der Waals surface area contributed by atoms with E-state index in [1.807, 2.05) is 13.0 Å². The van der Waals surface area contributed by atoms with Crippen LogP contribution in [0.3, 0.4) is 0 Å². The molecule has 51 heavy (non-hydrogen) atoms. The van der Waals surface area contributed by atoms with Gasteiger partial charge in [0.25, 0.3) is 17.7 Å². The van der Waals surface area contributed by atoms with Crippen LogP contribution in [0.2, 0.25) is 5.02 Å². The fourth-order valence-corrected chi connectivity index (χ4v) is 7.86. The van der Waals surface area contributed by atoms with Crippen LogP contribution >= 0.6 is 22.9 Å². The van der Waals surface area contributed by atoms with Crippen LogP contribution < -0.4 is 26.6 Å². The number of hydrogen-bond acceptors (Lipinski definition) is 10. The largest absolute Gasteiger partial charge is 0.383 e. The molecule has 1 unspecified atom stereocenters. The van der Waals surface area contributed by atoms with Crippen molar-refractivity contribution in [3.63, 3.8) is 0 Å². The molecule has 0 radical (unpaired) electrons. The fraction of sp³-hybridized carbons (Fsp3) is 0.417. The van der Waals surface area contributed by atoms with Gasteiger partial charge < -0.3 is 21.3 Å². The van der Waals surface area contributed by atoms with E-state index < -0.39 is 35.7 Å². The lowest BCUT2D eigenvalue weighted by Gasteiger charge is -2.27. The first kappa shape index (κ1) is 36.0. The number of pyridine rings is 1. The van der Waals surface area contributed by atoms with Gasteiger partial charge in [-0.3, -0.25) is 44.0 Å². The molecule has 0 bridgehead atoms. The van der Waals surface area contributed by atoms with Crippen molar-refractivity contribution in [2.75, 3.05) is 23.7 Å². The van der Waals surface area contributed by atoms with E-state index in [-0.39, 0.29) is 48.9 Å². The van der Waals surface area contributed by atoms with E-state index in [1.54, 1.807) is 30.5 Å². The maximum atomic E-state index is 13.5. The predicted octanol–water partition coefficient (Wildman–Crippen LogP) is 4.42. The Bertz CT molecular complexity index is 1860. The smallest absolute Gasteiger partial charge is 0.264 e. The summed E-state index contributed by atoms with van der Waals surface area (Å²) in [6.07, 6.45) is 7.61. The van der Waals surface area contributed by atoms with Crippen molar-refractivity contribution in [2.45, 2.75) is 76.9 Å². The average Bonchev–Trinajstić information content (AvgIpc) is 3.70. The summed E-state index contributed by atoms with van der Waals surface area (Å²) in [4.78, 5) is 84.2. The van der Waals surface area contributed by atoms with E-state index in [4.69, 9.17) is 11.6 Å². The lowest BCUT2D eigenvalue weighted by Crippen LogP contribution is -2.54. The number of aromatic nitrogens is 1. The molecule has 2 fully saturated rings. The second-order valence-corrected chi connectivity index (χ2v) is 14.7. The minimum Gasteiger partial charge on any atom is -0.383 e. The van der Waals surface area contributed by atoms with E-state index >= 15 is 0 Å². The molecule has 4 heterocycles. The lowest BCUT2D eigenvalue weighted by molar-refractivity contribution is -0.136. The first-order valence-electron chi connectivity index (χ1n) is 17.2. The highest BCUT2D eigenvalue weighted by Gasteiger charge is 2.45. The van der Waals surface area contributed by atoms with Gasteiger partial charge in [-0.1, -0.05) is 49.8 Å². The fourth-order valence-electron chi connectivity index (χ4n) is 6.85. The van der Waals surface area contributed by atoms with Crippen molar-refractivity contribution >= 4 is 69.8 Å². The van der Waals surface area contributed by atoms with Crippen molar-refractivity contribution in [3.8, 4) is 0 Å². The number of thiophene rings is 1. The number of piperidine rings is 1. The van der Waals surface area contributed by atoms with Crippen molar-refractivity contribution in [2.24, 2.45) is 5.92 Å². The molecule has 6 amide bonds. The molecule has 268 valence electrons. The van der Waals surface area contributed by atoms with Gasteiger partial charge in [-0.05, 0) is 56.0 Å². The molecule has 15 heteroatoms. The molecule has 3 aromatic rings. The summed E-state index contributed by atoms with van der Waals surface area (Å²) in [6, 6.07) is 8.46.